The van der Waals surface area contributed by atoms with E-state index in [4.69, 9.17) is 14.6 Å². The lowest BCUT2D eigenvalue weighted by molar-refractivity contribution is -0.138. The van der Waals surface area contributed by atoms with Crippen molar-refractivity contribution in [1.29, 1.82) is 0 Å². The lowest BCUT2D eigenvalue weighted by atomic mass is 10.2. The van der Waals surface area contributed by atoms with E-state index in [9.17, 15) is 9.59 Å². The third kappa shape index (κ3) is 5.84. The number of hydrogen-bond acceptors (Lipinski definition) is 5. The second kappa shape index (κ2) is 7.65. The van der Waals surface area contributed by atoms with Gasteiger partial charge >= 0.3 is 12.1 Å². The maximum atomic E-state index is 11.4. The van der Waals surface area contributed by atoms with Crippen LogP contribution >= 0.6 is 0 Å². The van der Waals surface area contributed by atoms with Gasteiger partial charge in [-0.1, -0.05) is 0 Å². The van der Waals surface area contributed by atoms with Gasteiger partial charge in [0.05, 0.1) is 31.9 Å². The number of carboxylic acids is 1. The number of rotatable bonds is 8. The third-order valence-electron chi connectivity index (χ3n) is 3.57. The number of amides is 1. The van der Waals surface area contributed by atoms with Crippen molar-refractivity contribution in [2.24, 2.45) is 5.92 Å². The quantitative estimate of drug-likeness (QED) is 0.698. The van der Waals surface area contributed by atoms with Gasteiger partial charge in [-0.15, -0.1) is 0 Å². The zero-order valence-electron chi connectivity index (χ0n) is 14.3. The monoisotopic (exact) mass is 339 g/mol. The fraction of sp³-hybridized carbons (Fsp3) is 0.688. The average Bonchev–Trinajstić information content (AvgIpc) is 3.13. The van der Waals surface area contributed by atoms with Crippen molar-refractivity contribution in [2.45, 2.75) is 45.3 Å². The molecule has 0 saturated heterocycles. The van der Waals surface area contributed by atoms with E-state index in [-0.39, 0.29) is 11.8 Å². The number of alkyl carbamates (subject to hydrolysis) is 1. The number of carbonyl (C=O) groups excluding carboxylic acids is 1. The summed E-state index contributed by atoms with van der Waals surface area (Å²) in [5.41, 5.74) is 0.457. The minimum Gasteiger partial charge on any atom is -0.481 e. The molecule has 0 spiro atoms. The number of carboxylic acid groups (broad SMARTS) is 1. The highest BCUT2D eigenvalue weighted by atomic mass is 16.6. The van der Waals surface area contributed by atoms with E-state index >= 15 is 0 Å². The lowest BCUT2D eigenvalue weighted by Crippen LogP contribution is -2.34. The van der Waals surface area contributed by atoms with Crippen molar-refractivity contribution in [3.8, 4) is 0 Å². The molecule has 1 aliphatic carbocycles. The fourth-order valence-corrected chi connectivity index (χ4v) is 2.33. The van der Waals surface area contributed by atoms with Gasteiger partial charge in [-0.25, -0.2) is 4.79 Å². The van der Waals surface area contributed by atoms with E-state index in [0.717, 1.165) is 5.56 Å². The predicted molar refractivity (Wildman–Crippen MR) is 85.8 cm³/mol. The second-order valence-electron chi connectivity index (χ2n) is 6.86. The van der Waals surface area contributed by atoms with Gasteiger partial charge in [0.1, 0.15) is 5.60 Å². The molecule has 0 aromatic carbocycles. The molecule has 0 bridgehead atoms. The van der Waals surface area contributed by atoms with Gasteiger partial charge in [-0.05, 0) is 32.8 Å². The molecule has 1 fully saturated rings. The highest BCUT2D eigenvalue weighted by Gasteiger charge is 2.44. The second-order valence-corrected chi connectivity index (χ2v) is 6.86. The standard InChI is InChI=1S/C16H25N3O5/c1-16(2,3)24-15(22)17-4-6-23-7-5-19-10-11(9-18-19)12-8-13(12)14(20)21/h9-10,12-13H,4-8H2,1-3H3,(H,17,22)(H,20,21)/t12-,13+/m0/s1. The molecular weight excluding hydrogens is 314 g/mol. The maximum Gasteiger partial charge on any atom is 0.407 e. The zero-order valence-corrected chi connectivity index (χ0v) is 14.3. The summed E-state index contributed by atoms with van der Waals surface area (Å²) >= 11 is 0. The summed E-state index contributed by atoms with van der Waals surface area (Å²) in [5.74, 6) is -0.915. The number of carbonyl (C=O) groups is 2. The van der Waals surface area contributed by atoms with Crippen LogP contribution in [0.5, 0.6) is 0 Å². The number of hydrogen-bond donors (Lipinski definition) is 2. The highest BCUT2D eigenvalue weighted by molar-refractivity contribution is 5.75. The molecule has 2 rings (SSSR count). The van der Waals surface area contributed by atoms with Crippen molar-refractivity contribution >= 4 is 12.1 Å². The molecule has 2 atom stereocenters. The number of ether oxygens (including phenoxy) is 2. The largest absolute Gasteiger partial charge is 0.481 e. The van der Waals surface area contributed by atoms with Crippen molar-refractivity contribution in [3.63, 3.8) is 0 Å². The maximum absolute atomic E-state index is 11.4. The summed E-state index contributed by atoms with van der Waals surface area (Å²) in [6.45, 7) is 7.23. The smallest absolute Gasteiger partial charge is 0.407 e. The van der Waals surface area contributed by atoms with Gasteiger partial charge in [0.15, 0.2) is 0 Å². The first-order valence-corrected chi connectivity index (χ1v) is 8.06. The number of aromatic nitrogens is 2. The van der Waals surface area contributed by atoms with Crippen LogP contribution in [-0.2, 0) is 20.8 Å². The summed E-state index contributed by atoms with van der Waals surface area (Å²) in [4.78, 5) is 22.3. The molecule has 8 nitrogen and oxygen atoms in total. The van der Waals surface area contributed by atoms with Gasteiger partial charge in [-0.3, -0.25) is 9.48 Å². The van der Waals surface area contributed by atoms with Crippen LogP contribution < -0.4 is 5.32 Å². The molecule has 1 saturated carbocycles. The number of aliphatic carboxylic acids is 1. The summed E-state index contributed by atoms with van der Waals surface area (Å²) in [7, 11) is 0. The molecule has 8 heteroatoms. The van der Waals surface area contributed by atoms with E-state index in [1.54, 1.807) is 10.9 Å². The van der Waals surface area contributed by atoms with Crippen LogP contribution in [0.1, 0.15) is 38.7 Å². The van der Waals surface area contributed by atoms with E-state index < -0.39 is 17.7 Å². The lowest BCUT2D eigenvalue weighted by Gasteiger charge is -2.19. The van der Waals surface area contributed by atoms with Gasteiger partial charge in [-0.2, -0.15) is 5.10 Å². The Hall–Kier alpha value is -2.09. The topological polar surface area (TPSA) is 103 Å². The van der Waals surface area contributed by atoms with E-state index in [0.29, 0.717) is 32.7 Å². The van der Waals surface area contributed by atoms with E-state index in [1.165, 1.54) is 0 Å². The first-order chi connectivity index (χ1) is 11.3. The first kappa shape index (κ1) is 18.3. The fourth-order valence-electron chi connectivity index (χ4n) is 2.33. The first-order valence-electron chi connectivity index (χ1n) is 8.06. The van der Waals surface area contributed by atoms with Crippen LogP contribution in [0.3, 0.4) is 0 Å². The molecule has 1 aromatic heterocycles. The molecule has 1 heterocycles. The van der Waals surface area contributed by atoms with Gasteiger partial charge < -0.3 is 19.9 Å². The van der Waals surface area contributed by atoms with Crippen LogP contribution in [0.15, 0.2) is 12.4 Å². The Morgan fingerprint density at radius 2 is 2.17 bits per heavy atom. The zero-order chi connectivity index (χ0) is 17.7. The van der Waals surface area contributed by atoms with Gasteiger partial charge in [0.2, 0.25) is 0 Å². The Balaban J connectivity index is 1.56. The summed E-state index contributed by atoms with van der Waals surface area (Å²) in [5, 5.41) is 15.8. The SMILES string of the molecule is CC(C)(C)OC(=O)NCCOCCn1cc([C@@H]2C[C@H]2C(=O)O)cn1. The minimum atomic E-state index is -0.742. The third-order valence-corrected chi connectivity index (χ3v) is 3.57. The average molecular weight is 339 g/mol. The molecule has 0 aliphatic heterocycles. The van der Waals surface area contributed by atoms with Crippen LogP contribution in [0.2, 0.25) is 0 Å². The van der Waals surface area contributed by atoms with Crippen molar-refractivity contribution in [2.75, 3.05) is 19.8 Å². The summed E-state index contributed by atoms with van der Waals surface area (Å²) < 4.78 is 12.3. The van der Waals surface area contributed by atoms with Gasteiger partial charge in [0, 0.05) is 18.7 Å². The van der Waals surface area contributed by atoms with E-state index in [2.05, 4.69) is 10.4 Å². The van der Waals surface area contributed by atoms with Crippen molar-refractivity contribution in [3.05, 3.63) is 18.0 Å². The molecule has 1 aromatic rings. The number of nitrogens with one attached hydrogen (secondary N) is 1. The molecule has 134 valence electrons. The van der Waals surface area contributed by atoms with Crippen molar-refractivity contribution in [1.82, 2.24) is 15.1 Å². The summed E-state index contributed by atoms with van der Waals surface area (Å²) in [6.07, 6.45) is 3.82. The highest BCUT2D eigenvalue weighted by Crippen LogP contribution is 2.47. The molecular formula is C16H25N3O5. The van der Waals surface area contributed by atoms with Crippen molar-refractivity contribution < 1.29 is 24.2 Å². The van der Waals surface area contributed by atoms with Crippen LogP contribution in [-0.4, -0.2) is 52.3 Å². The van der Waals surface area contributed by atoms with Crippen LogP contribution in [0.4, 0.5) is 4.79 Å². The van der Waals surface area contributed by atoms with Gasteiger partial charge in [0.25, 0.3) is 0 Å². The molecule has 2 N–H and O–H groups in total. The molecule has 1 amide bonds. The Kier molecular flexibility index (Phi) is 5.82. The molecule has 0 radical (unpaired) electrons. The minimum absolute atomic E-state index is 0.0928. The summed E-state index contributed by atoms with van der Waals surface area (Å²) in [6, 6.07) is 0. The molecule has 24 heavy (non-hydrogen) atoms. The molecule has 1 aliphatic rings. The number of nitrogens with zero attached hydrogens (tertiary/aromatic N) is 2. The normalized spacial score (nSPS) is 19.8. The van der Waals surface area contributed by atoms with Crippen LogP contribution in [0, 0.1) is 5.92 Å². The molecule has 0 unspecified atom stereocenters. The Bertz CT molecular complexity index is 579. The Morgan fingerprint density at radius 1 is 1.42 bits per heavy atom. The van der Waals surface area contributed by atoms with Crippen LogP contribution in [0.25, 0.3) is 0 Å². The Morgan fingerprint density at radius 3 is 2.79 bits per heavy atom. The van der Waals surface area contributed by atoms with E-state index in [1.807, 2.05) is 27.0 Å². The Labute approximate surface area is 141 Å². The predicted octanol–water partition coefficient (Wildman–Crippen LogP) is 1.61.